The van der Waals surface area contributed by atoms with Crippen LogP contribution in [-0.4, -0.2) is 11.2 Å². The molecule has 1 aromatic heterocycles. The number of aryl methyl sites for hydroxylation is 2. The Morgan fingerprint density at radius 2 is 2.45 bits per heavy atom. The number of rotatable bonds is 2. The van der Waals surface area contributed by atoms with Crippen LogP contribution in [0.1, 0.15) is 23.9 Å². The zero-order valence-electron chi connectivity index (χ0n) is 6.89. The number of aromatic amines is 1. The maximum absolute atomic E-state index is 5.01. The highest BCUT2D eigenvalue weighted by Crippen LogP contribution is 2.08. The van der Waals surface area contributed by atoms with Crippen molar-refractivity contribution in [3.05, 3.63) is 23.0 Å². The van der Waals surface area contributed by atoms with Gasteiger partial charge in [-0.2, -0.15) is 5.10 Å². The van der Waals surface area contributed by atoms with Crippen LogP contribution in [0.25, 0.3) is 0 Å². The Balaban J connectivity index is 2.95. The molecule has 3 nitrogen and oxygen atoms in total. The molecule has 0 fully saturated rings. The van der Waals surface area contributed by atoms with Crippen LogP contribution in [0, 0.1) is 6.92 Å². The van der Waals surface area contributed by atoms with E-state index in [9.17, 15) is 0 Å². The molecule has 0 spiro atoms. The molecule has 11 heavy (non-hydrogen) atoms. The molecular formula is C8H13N3. The van der Waals surface area contributed by atoms with Gasteiger partial charge in [0.15, 0.2) is 0 Å². The molecular weight excluding hydrogens is 138 g/mol. The van der Waals surface area contributed by atoms with E-state index in [4.69, 9.17) is 5.84 Å². The first-order valence-electron chi connectivity index (χ1n) is 3.69. The zero-order valence-corrected chi connectivity index (χ0v) is 6.89. The summed E-state index contributed by atoms with van der Waals surface area (Å²) in [5.74, 6) is 5.01. The van der Waals surface area contributed by atoms with Gasteiger partial charge < -0.3 is 10.8 Å². The van der Waals surface area contributed by atoms with Crippen LogP contribution in [0.3, 0.4) is 0 Å². The third-order valence-electron chi connectivity index (χ3n) is 1.74. The van der Waals surface area contributed by atoms with E-state index >= 15 is 0 Å². The maximum Gasteiger partial charge on any atom is 0.0700 e. The van der Waals surface area contributed by atoms with E-state index < -0.39 is 0 Å². The first kappa shape index (κ1) is 7.85. The topological polar surface area (TPSA) is 54.2 Å². The SMILES string of the molecule is CCc1cc(/C=N/N)[nH]c1C. The van der Waals surface area contributed by atoms with Gasteiger partial charge in [-0.25, -0.2) is 0 Å². The highest BCUT2D eigenvalue weighted by molar-refractivity contribution is 5.77. The molecule has 1 aromatic rings. The van der Waals surface area contributed by atoms with E-state index in [2.05, 4.69) is 23.1 Å². The van der Waals surface area contributed by atoms with Gasteiger partial charge >= 0.3 is 0 Å². The Hall–Kier alpha value is -1.25. The molecule has 3 N–H and O–H groups in total. The molecule has 0 bridgehead atoms. The predicted molar refractivity (Wildman–Crippen MR) is 46.7 cm³/mol. The average Bonchev–Trinajstić information content (AvgIpc) is 2.32. The Kier molecular flexibility index (Phi) is 2.31. The van der Waals surface area contributed by atoms with Gasteiger partial charge in [-0.1, -0.05) is 6.92 Å². The third kappa shape index (κ3) is 1.61. The molecule has 0 unspecified atom stereocenters. The van der Waals surface area contributed by atoms with Gasteiger partial charge in [0.25, 0.3) is 0 Å². The summed E-state index contributed by atoms with van der Waals surface area (Å²) in [4.78, 5) is 3.17. The third-order valence-corrected chi connectivity index (χ3v) is 1.74. The number of hydrogen-bond donors (Lipinski definition) is 2. The molecule has 1 rings (SSSR count). The molecule has 0 atom stereocenters. The maximum atomic E-state index is 5.01. The van der Waals surface area contributed by atoms with Crippen LogP contribution in [0.2, 0.25) is 0 Å². The molecule has 1 heterocycles. The molecule has 0 radical (unpaired) electrons. The minimum Gasteiger partial charge on any atom is -0.358 e. The standard InChI is InChI=1S/C8H13N3/c1-3-7-4-8(5-10-9)11-6(7)2/h4-5,11H,3,9H2,1-2H3/b10-5+. The number of hydrazone groups is 1. The van der Waals surface area contributed by atoms with Crippen molar-refractivity contribution in [2.75, 3.05) is 0 Å². The van der Waals surface area contributed by atoms with E-state index in [1.807, 2.05) is 6.92 Å². The molecule has 0 aromatic carbocycles. The highest BCUT2D eigenvalue weighted by atomic mass is 15.1. The highest BCUT2D eigenvalue weighted by Gasteiger charge is 1.99. The monoisotopic (exact) mass is 151 g/mol. The number of H-pyrrole nitrogens is 1. The first-order chi connectivity index (χ1) is 5.27. The summed E-state index contributed by atoms with van der Waals surface area (Å²) in [5, 5.41) is 3.44. The first-order valence-corrected chi connectivity index (χ1v) is 3.69. The fourth-order valence-electron chi connectivity index (χ4n) is 1.15. The number of nitrogens with one attached hydrogen (secondary N) is 1. The zero-order chi connectivity index (χ0) is 8.27. The van der Waals surface area contributed by atoms with Gasteiger partial charge in [0, 0.05) is 5.69 Å². The Morgan fingerprint density at radius 3 is 2.91 bits per heavy atom. The smallest absolute Gasteiger partial charge is 0.0700 e. The average molecular weight is 151 g/mol. The summed E-state index contributed by atoms with van der Waals surface area (Å²) >= 11 is 0. The molecule has 0 amide bonds. The van der Waals surface area contributed by atoms with E-state index in [0.717, 1.165) is 12.1 Å². The quantitative estimate of drug-likeness (QED) is 0.372. The Bertz CT molecular complexity index is 260. The Morgan fingerprint density at radius 1 is 1.73 bits per heavy atom. The van der Waals surface area contributed by atoms with Crippen LogP contribution in [0.4, 0.5) is 0 Å². The van der Waals surface area contributed by atoms with Gasteiger partial charge in [0.2, 0.25) is 0 Å². The number of nitrogens with zero attached hydrogens (tertiary/aromatic N) is 1. The van der Waals surface area contributed by atoms with Crippen LogP contribution in [0.5, 0.6) is 0 Å². The number of nitrogens with two attached hydrogens (primary N) is 1. The molecule has 0 saturated carbocycles. The van der Waals surface area contributed by atoms with Crippen LogP contribution >= 0.6 is 0 Å². The van der Waals surface area contributed by atoms with Crippen molar-refractivity contribution in [3.8, 4) is 0 Å². The van der Waals surface area contributed by atoms with Gasteiger partial charge in [0.1, 0.15) is 0 Å². The minimum atomic E-state index is 0.974. The van der Waals surface area contributed by atoms with E-state index in [1.165, 1.54) is 11.3 Å². The summed E-state index contributed by atoms with van der Waals surface area (Å²) in [5.41, 5.74) is 3.49. The number of hydrogen-bond acceptors (Lipinski definition) is 2. The van der Waals surface area contributed by atoms with Gasteiger partial charge in [-0.3, -0.25) is 0 Å². The van der Waals surface area contributed by atoms with E-state index in [0.29, 0.717) is 0 Å². The number of aromatic nitrogens is 1. The van der Waals surface area contributed by atoms with Crippen molar-refractivity contribution < 1.29 is 0 Å². The molecule has 0 aliphatic carbocycles. The second-order valence-electron chi connectivity index (χ2n) is 2.51. The lowest BCUT2D eigenvalue weighted by Crippen LogP contribution is -1.85. The molecule has 0 saturated heterocycles. The van der Waals surface area contributed by atoms with Crippen molar-refractivity contribution in [2.45, 2.75) is 20.3 Å². The largest absolute Gasteiger partial charge is 0.358 e. The lowest BCUT2D eigenvalue weighted by atomic mass is 10.2. The lowest BCUT2D eigenvalue weighted by molar-refractivity contribution is 1.10. The lowest BCUT2D eigenvalue weighted by Gasteiger charge is -1.88. The summed E-state index contributed by atoms with van der Waals surface area (Å²) in [6.45, 7) is 4.17. The summed E-state index contributed by atoms with van der Waals surface area (Å²) < 4.78 is 0. The van der Waals surface area contributed by atoms with Crippen LogP contribution in [0.15, 0.2) is 11.2 Å². The second kappa shape index (κ2) is 3.23. The van der Waals surface area contributed by atoms with E-state index in [-0.39, 0.29) is 0 Å². The van der Waals surface area contributed by atoms with Crippen molar-refractivity contribution in [1.29, 1.82) is 0 Å². The summed E-state index contributed by atoms with van der Waals surface area (Å²) in [6, 6.07) is 2.06. The van der Waals surface area contributed by atoms with Gasteiger partial charge in [-0.05, 0) is 25.0 Å². The molecule has 0 aliphatic heterocycles. The normalized spacial score (nSPS) is 11.1. The second-order valence-corrected chi connectivity index (χ2v) is 2.51. The fourth-order valence-corrected chi connectivity index (χ4v) is 1.15. The van der Waals surface area contributed by atoms with Crippen molar-refractivity contribution in [2.24, 2.45) is 10.9 Å². The van der Waals surface area contributed by atoms with Crippen molar-refractivity contribution in [1.82, 2.24) is 4.98 Å². The van der Waals surface area contributed by atoms with Gasteiger partial charge in [-0.15, -0.1) is 0 Å². The Labute approximate surface area is 66.3 Å². The summed E-state index contributed by atoms with van der Waals surface area (Å²) in [7, 11) is 0. The van der Waals surface area contributed by atoms with Gasteiger partial charge in [0.05, 0.1) is 11.9 Å². The minimum absolute atomic E-state index is 0.974. The van der Waals surface area contributed by atoms with Crippen LogP contribution < -0.4 is 5.84 Å². The fraction of sp³-hybridized carbons (Fsp3) is 0.375. The molecule has 3 heteroatoms. The van der Waals surface area contributed by atoms with Crippen molar-refractivity contribution >= 4 is 6.21 Å². The van der Waals surface area contributed by atoms with Crippen molar-refractivity contribution in [3.63, 3.8) is 0 Å². The molecule has 60 valence electrons. The summed E-state index contributed by atoms with van der Waals surface area (Å²) in [6.07, 6.45) is 2.66. The van der Waals surface area contributed by atoms with E-state index in [1.54, 1.807) is 6.21 Å². The predicted octanol–water partition coefficient (Wildman–Crippen LogP) is 1.18. The van der Waals surface area contributed by atoms with Crippen LogP contribution in [-0.2, 0) is 6.42 Å². The molecule has 0 aliphatic rings.